The fourth-order valence-electron chi connectivity index (χ4n) is 2.03. The molecular formula is C15H13BrN4. The molecule has 5 heteroatoms. The van der Waals surface area contributed by atoms with Crippen LogP contribution in [0.4, 0.5) is 5.82 Å². The number of nitrogens with zero attached hydrogens (tertiary/aromatic N) is 3. The van der Waals surface area contributed by atoms with Crippen LogP contribution in [0.1, 0.15) is 5.56 Å². The van der Waals surface area contributed by atoms with Gasteiger partial charge in [0, 0.05) is 22.8 Å². The zero-order valence-corrected chi connectivity index (χ0v) is 12.3. The van der Waals surface area contributed by atoms with E-state index in [-0.39, 0.29) is 0 Å². The normalized spacial score (nSPS) is 10.7. The highest BCUT2D eigenvalue weighted by Gasteiger charge is 2.06. The van der Waals surface area contributed by atoms with Crippen LogP contribution < -0.4 is 5.73 Å². The summed E-state index contributed by atoms with van der Waals surface area (Å²) >= 11 is 3.44. The van der Waals surface area contributed by atoms with Crippen molar-refractivity contribution in [1.82, 2.24) is 14.5 Å². The van der Waals surface area contributed by atoms with Crippen LogP contribution in [0.15, 0.2) is 59.6 Å². The van der Waals surface area contributed by atoms with Crippen LogP contribution in [-0.2, 0) is 6.54 Å². The highest BCUT2D eigenvalue weighted by Crippen LogP contribution is 2.20. The van der Waals surface area contributed by atoms with Gasteiger partial charge >= 0.3 is 0 Å². The van der Waals surface area contributed by atoms with Gasteiger partial charge in [-0.2, -0.15) is 0 Å². The second-order valence-corrected chi connectivity index (χ2v) is 5.42. The third-order valence-electron chi connectivity index (χ3n) is 3.06. The summed E-state index contributed by atoms with van der Waals surface area (Å²) in [5, 5.41) is 0. The SMILES string of the molecule is Nc1ccc(-c2cncn2Cc2ccc(Br)cc2)cn1. The van der Waals surface area contributed by atoms with Crippen molar-refractivity contribution in [3.8, 4) is 11.3 Å². The minimum Gasteiger partial charge on any atom is -0.384 e. The molecule has 0 unspecified atom stereocenters. The Hall–Kier alpha value is -2.14. The Balaban J connectivity index is 1.90. The van der Waals surface area contributed by atoms with E-state index in [2.05, 4.69) is 42.6 Å². The van der Waals surface area contributed by atoms with Crippen LogP contribution in [0.25, 0.3) is 11.3 Å². The Kier molecular flexibility index (Phi) is 3.52. The van der Waals surface area contributed by atoms with Crippen LogP contribution in [0.5, 0.6) is 0 Å². The van der Waals surface area contributed by atoms with E-state index in [1.165, 1.54) is 5.56 Å². The summed E-state index contributed by atoms with van der Waals surface area (Å²) in [6.07, 6.45) is 5.43. The molecule has 0 fully saturated rings. The van der Waals surface area contributed by atoms with Gasteiger partial charge in [0.15, 0.2) is 0 Å². The molecule has 3 aromatic rings. The Morgan fingerprint density at radius 1 is 1.05 bits per heavy atom. The fourth-order valence-corrected chi connectivity index (χ4v) is 2.29. The summed E-state index contributed by atoms with van der Waals surface area (Å²) in [6, 6.07) is 12.0. The Labute approximate surface area is 125 Å². The Morgan fingerprint density at radius 2 is 1.85 bits per heavy atom. The number of halogens is 1. The van der Waals surface area contributed by atoms with Gasteiger partial charge in [-0.15, -0.1) is 0 Å². The molecule has 2 heterocycles. The van der Waals surface area contributed by atoms with Gasteiger partial charge in [0.05, 0.1) is 18.2 Å². The lowest BCUT2D eigenvalue weighted by Gasteiger charge is -2.08. The van der Waals surface area contributed by atoms with Gasteiger partial charge in [-0.3, -0.25) is 0 Å². The van der Waals surface area contributed by atoms with E-state index >= 15 is 0 Å². The second-order valence-electron chi connectivity index (χ2n) is 4.50. The first-order valence-electron chi connectivity index (χ1n) is 6.19. The lowest BCUT2D eigenvalue weighted by atomic mass is 10.2. The fraction of sp³-hybridized carbons (Fsp3) is 0.0667. The molecule has 3 rings (SSSR count). The van der Waals surface area contributed by atoms with Gasteiger partial charge < -0.3 is 10.3 Å². The lowest BCUT2D eigenvalue weighted by molar-refractivity contribution is 0.804. The zero-order valence-electron chi connectivity index (χ0n) is 10.7. The Morgan fingerprint density at radius 3 is 2.55 bits per heavy atom. The van der Waals surface area contributed by atoms with Crippen molar-refractivity contribution in [2.75, 3.05) is 5.73 Å². The number of pyridine rings is 1. The van der Waals surface area contributed by atoms with Crippen molar-refractivity contribution in [3.05, 3.63) is 65.2 Å². The van der Waals surface area contributed by atoms with Crippen molar-refractivity contribution in [2.45, 2.75) is 6.54 Å². The van der Waals surface area contributed by atoms with E-state index in [4.69, 9.17) is 5.73 Å². The first-order chi connectivity index (χ1) is 9.72. The molecule has 4 nitrogen and oxygen atoms in total. The maximum absolute atomic E-state index is 5.62. The van der Waals surface area contributed by atoms with Crippen molar-refractivity contribution in [1.29, 1.82) is 0 Å². The first kappa shape index (κ1) is 12.9. The number of nitrogen functional groups attached to an aromatic ring is 1. The number of nitrogens with two attached hydrogens (primary N) is 1. The topological polar surface area (TPSA) is 56.7 Å². The zero-order chi connectivity index (χ0) is 13.9. The predicted octanol–water partition coefficient (Wildman–Crippen LogP) is 3.34. The van der Waals surface area contributed by atoms with E-state index in [9.17, 15) is 0 Å². The number of aromatic nitrogens is 3. The molecule has 0 atom stereocenters. The average molecular weight is 329 g/mol. The minimum absolute atomic E-state index is 0.521. The maximum atomic E-state index is 5.62. The van der Waals surface area contributed by atoms with Crippen LogP contribution in [0.3, 0.4) is 0 Å². The summed E-state index contributed by atoms with van der Waals surface area (Å²) in [5.41, 5.74) is 8.87. The second kappa shape index (κ2) is 5.46. The number of hydrogen-bond acceptors (Lipinski definition) is 3. The molecule has 2 aromatic heterocycles. The molecule has 1 aromatic carbocycles. The smallest absolute Gasteiger partial charge is 0.123 e. The molecule has 0 bridgehead atoms. The summed E-state index contributed by atoms with van der Waals surface area (Å²) in [6.45, 7) is 0.771. The van der Waals surface area contributed by atoms with Crippen LogP contribution in [0, 0.1) is 0 Å². The van der Waals surface area contributed by atoms with Gasteiger partial charge in [-0.05, 0) is 29.8 Å². The van der Waals surface area contributed by atoms with Gasteiger partial charge in [0.25, 0.3) is 0 Å². The van der Waals surface area contributed by atoms with Gasteiger partial charge in [0.1, 0.15) is 5.82 Å². The van der Waals surface area contributed by atoms with Gasteiger partial charge in [-0.1, -0.05) is 28.1 Å². The molecule has 0 aliphatic heterocycles. The van der Waals surface area contributed by atoms with Crippen molar-refractivity contribution >= 4 is 21.7 Å². The number of imidazole rings is 1. The summed E-state index contributed by atoms with van der Waals surface area (Å²) < 4.78 is 3.17. The predicted molar refractivity (Wildman–Crippen MR) is 83.1 cm³/mol. The lowest BCUT2D eigenvalue weighted by Crippen LogP contribution is -2.00. The maximum Gasteiger partial charge on any atom is 0.123 e. The van der Waals surface area contributed by atoms with Crippen molar-refractivity contribution < 1.29 is 0 Å². The number of hydrogen-bond donors (Lipinski definition) is 1. The molecule has 0 saturated heterocycles. The number of anilines is 1. The van der Waals surface area contributed by atoms with Crippen LogP contribution >= 0.6 is 15.9 Å². The van der Waals surface area contributed by atoms with Crippen molar-refractivity contribution in [2.24, 2.45) is 0 Å². The molecule has 2 N–H and O–H groups in total. The molecule has 0 saturated carbocycles. The molecule has 0 aliphatic carbocycles. The minimum atomic E-state index is 0.521. The van der Waals surface area contributed by atoms with Crippen molar-refractivity contribution in [3.63, 3.8) is 0 Å². The van der Waals surface area contributed by atoms with E-state index in [0.717, 1.165) is 22.3 Å². The van der Waals surface area contributed by atoms with Crippen LogP contribution in [-0.4, -0.2) is 14.5 Å². The standard InChI is InChI=1S/C15H13BrN4/c16-13-4-1-11(2-5-13)9-20-10-18-8-14(20)12-3-6-15(17)19-7-12/h1-8,10H,9H2,(H2,17,19). The van der Waals surface area contributed by atoms with Gasteiger partial charge in [-0.25, -0.2) is 9.97 Å². The average Bonchev–Trinajstić information content (AvgIpc) is 2.90. The highest BCUT2D eigenvalue weighted by atomic mass is 79.9. The largest absolute Gasteiger partial charge is 0.384 e. The van der Waals surface area contributed by atoms with Crippen LogP contribution in [0.2, 0.25) is 0 Å². The molecule has 20 heavy (non-hydrogen) atoms. The molecule has 0 aliphatic rings. The van der Waals surface area contributed by atoms with E-state index in [0.29, 0.717) is 5.82 Å². The molecule has 0 radical (unpaired) electrons. The van der Waals surface area contributed by atoms with E-state index in [1.54, 1.807) is 12.3 Å². The first-order valence-corrected chi connectivity index (χ1v) is 6.98. The van der Waals surface area contributed by atoms with Gasteiger partial charge in [0.2, 0.25) is 0 Å². The molecule has 0 amide bonds. The Bertz CT molecular complexity index is 701. The summed E-state index contributed by atoms with van der Waals surface area (Å²) in [4.78, 5) is 8.35. The van der Waals surface area contributed by atoms with E-state index < -0.39 is 0 Å². The summed E-state index contributed by atoms with van der Waals surface area (Å²) in [7, 11) is 0. The molecular weight excluding hydrogens is 316 g/mol. The van der Waals surface area contributed by atoms with E-state index in [1.807, 2.05) is 30.7 Å². The number of benzene rings is 1. The highest BCUT2D eigenvalue weighted by molar-refractivity contribution is 9.10. The monoisotopic (exact) mass is 328 g/mol. The third kappa shape index (κ3) is 2.72. The quantitative estimate of drug-likeness (QED) is 0.802. The number of rotatable bonds is 3. The summed E-state index contributed by atoms with van der Waals surface area (Å²) in [5.74, 6) is 0.521. The molecule has 100 valence electrons. The molecule has 0 spiro atoms. The third-order valence-corrected chi connectivity index (χ3v) is 3.59.